The molecular formula is C11H18Cl2N2. The lowest BCUT2D eigenvalue weighted by Crippen LogP contribution is -2.33. The number of anilines is 1. The Bertz CT molecular complexity index is 261. The first-order chi connectivity index (χ1) is 6.38. The van der Waals surface area contributed by atoms with Crippen molar-refractivity contribution in [2.45, 2.75) is 12.5 Å². The zero-order chi connectivity index (χ0) is 9.10. The summed E-state index contributed by atoms with van der Waals surface area (Å²) in [4.78, 5) is 2.36. The first kappa shape index (κ1) is 14.6. The van der Waals surface area contributed by atoms with E-state index in [2.05, 4.69) is 47.6 Å². The summed E-state index contributed by atoms with van der Waals surface area (Å²) in [7, 11) is 2.17. The Morgan fingerprint density at radius 2 is 1.87 bits per heavy atom. The fraction of sp³-hybridized carbons (Fsp3) is 0.455. The summed E-state index contributed by atoms with van der Waals surface area (Å²) in [5.41, 5.74) is 1.32. The molecule has 0 radical (unpaired) electrons. The Balaban J connectivity index is 0.000000980. The molecule has 1 saturated heterocycles. The smallest absolute Gasteiger partial charge is 0.0423 e. The minimum Gasteiger partial charge on any atom is -0.370 e. The molecule has 0 spiro atoms. The van der Waals surface area contributed by atoms with Gasteiger partial charge in [-0.15, -0.1) is 24.8 Å². The van der Waals surface area contributed by atoms with E-state index in [0.29, 0.717) is 6.04 Å². The van der Waals surface area contributed by atoms with Gasteiger partial charge in [0.1, 0.15) is 0 Å². The van der Waals surface area contributed by atoms with Crippen LogP contribution >= 0.6 is 24.8 Å². The van der Waals surface area contributed by atoms with Crippen LogP contribution in [-0.4, -0.2) is 26.2 Å². The minimum atomic E-state index is 0. The Kier molecular flexibility index (Phi) is 6.73. The third-order valence-electron chi connectivity index (χ3n) is 2.75. The zero-order valence-electron chi connectivity index (χ0n) is 8.85. The van der Waals surface area contributed by atoms with Gasteiger partial charge in [0.2, 0.25) is 0 Å². The number of para-hydroxylation sites is 1. The number of hydrogen-bond acceptors (Lipinski definition) is 2. The summed E-state index contributed by atoms with van der Waals surface area (Å²) >= 11 is 0. The van der Waals surface area contributed by atoms with Crippen molar-refractivity contribution in [2.75, 3.05) is 25.0 Å². The van der Waals surface area contributed by atoms with Gasteiger partial charge in [0.15, 0.2) is 0 Å². The van der Waals surface area contributed by atoms with E-state index >= 15 is 0 Å². The van der Waals surface area contributed by atoms with E-state index in [1.54, 1.807) is 0 Å². The molecule has 0 aromatic heterocycles. The number of rotatable bonds is 2. The lowest BCUT2D eigenvalue weighted by molar-refractivity contribution is 0.686. The van der Waals surface area contributed by atoms with Gasteiger partial charge in [-0.25, -0.2) is 0 Å². The first-order valence-corrected chi connectivity index (χ1v) is 4.86. The molecule has 1 aromatic rings. The normalized spacial score (nSPS) is 18.9. The average Bonchev–Trinajstić information content (AvgIpc) is 2.71. The maximum absolute atomic E-state index is 3.38. The SMILES string of the molecule is CN(c1ccccc1)C1CCNC1.Cl.Cl. The van der Waals surface area contributed by atoms with Gasteiger partial charge >= 0.3 is 0 Å². The predicted molar refractivity (Wildman–Crippen MR) is 70.6 cm³/mol. The van der Waals surface area contributed by atoms with Crippen LogP contribution in [0, 0.1) is 0 Å². The van der Waals surface area contributed by atoms with Gasteiger partial charge in [-0.3, -0.25) is 0 Å². The van der Waals surface area contributed by atoms with Gasteiger partial charge in [-0.05, 0) is 25.1 Å². The lowest BCUT2D eigenvalue weighted by Gasteiger charge is -2.25. The van der Waals surface area contributed by atoms with E-state index in [4.69, 9.17) is 0 Å². The molecule has 2 nitrogen and oxygen atoms in total. The van der Waals surface area contributed by atoms with Crippen molar-refractivity contribution in [1.82, 2.24) is 5.32 Å². The molecule has 2 rings (SSSR count). The summed E-state index contributed by atoms with van der Waals surface area (Å²) in [5, 5.41) is 3.38. The fourth-order valence-corrected chi connectivity index (χ4v) is 1.84. The standard InChI is InChI=1S/C11H16N2.2ClH/c1-13(11-7-8-12-9-11)10-5-3-2-4-6-10;;/h2-6,11-12H,7-9H2,1H3;2*1H. The second-order valence-electron chi connectivity index (χ2n) is 3.59. The van der Waals surface area contributed by atoms with Crippen molar-refractivity contribution in [3.63, 3.8) is 0 Å². The maximum atomic E-state index is 3.38. The molecule has 0 amide bonds. The fourth-order valence-electron chi connectivity index (χ4n) is 1.84. The van der Waals surface area contributed by atoms with Crippen molar-refractivity contribution in [3.05, 3.63) is 30.3 Å². The predicted octanol–water partition coefficient (Wildman–Crippen LogP) is 2.33. The number of nitrogens with one attached hydrogen (secondary N) is 1. The van der Waals surface area contributed by atoms with Gasteiger partial charge in [0.25, 0.3) is 0 Å². The summed E-state index contributed by atoms with van der Waals surface area (Å²) in [5.74, 6) is 0. The molecule has 0 aliphatic carbocycles. The molecule has 15 heavy (non-hydrogen) atoms. The molecule has 1 heterocycles. The average molecular weight is 249 g/mol. The van der Waals surface area contributed by atoms with Crippen LogP contribution in [0.15, 0.2) is 30.3 Å². The van der Waals surface area contributed by atoms with Crippen molar-refractivity contribution in [2.24, 2.45) is 0 Å². The van der Waals surface area contributed by atoms with Crippen LogP contribution in [0.25, 0.3) is 0 Å². The first-order valence-electron chi connectivity index (χ1n) is 4.86. The summed E-state index contributed by atoms with van der Waals surface area (Å²) in [6.07, 6.45) is 1.26. The van der Waals surface area contributed by atoms with Gasteiger partial charge in [-0.2, -0.15) is 0 Å². The molecule has 1 aliphatic heterocycles. The Morgan fingerprint density at radius 3 is 2.40 bits per heavy atom. The van der Waals surface area contributed by atoms with Crippen molar-refractivity contribution >= 4 is 30.5 Å². The molecule has 1 atom stereocenters. The van der Waals surface area contributed by atoms with Gasteiger partial charge in [-0.1, -0.05) is 18.2 Å². The van der Waals surface area contributed by atoms with Crippen LogP contribution in [-0.2, 0) is 0 Å². The van der Waals surface area contributed by atoms with E-state index in [9.17, 15) is 0 Å². The summed E-state index contributed by atoms with van der Waals surface area (Å²) in [6.45, 7) is 2.27. The lowest BCUT2D eigenvalue weighted by atomic mass is 10.2. The monoisotopic (exact) mass is 248 g/mol. The van der Waals surface area contributed by atoms with Crippen LogP contribution in [0.1, 0.15) is 6.42 Å². The molecule has 0 bridgehead atoms. The topological polar surface area (TPSA) is 15.3 Å². The van der Waals surface area contributed by atoms with Crippen LogP contribution in [0.2, 0.25) is 0 Å². The molecule has 1 unspecified atom stereocenters. The van der Waals surface area contributed by atoms with Crippen molar-refractivity contribution < 1.29 is 0 Å². The Hall–Kier alpha value is -0.440. The number of hydrogen-bond donors (Lipinski definition) is 1. The number of halogens is 2. The van der Waals surface area contributed by atoms with E-state index < -0.39 is 0 Å². The number of nitrogens with zero attached hydrogens (tertiary/aromatic N) is 1. The second kappa shape index (κ2) is 6.94. The second-order valence-corrected chi connectivity index (χ2v) is 3.59. The highest BCUT2D eigenvalue weighted by atomic mass is 35.5. The van der Waals surface area contributed by atoms with Crippen LogP contribution < -0.4 is 10.2 Å². The number of benzene rings is 1. The molecule has 0 saturated carbocycles. The molecule has 1 aromatic carbocycles. The third kappa shape index (κ3) is 3.56. The highest BCUT2D eigenvalue weighted by Crippen LogP contribution is 2.17. The Labute approximate surface area is 104 Å². The van der Waals surface area contributed by atoms with Gasteiger partial charge in [0, 0.05) is 25.3 Å². The summed E-state index contributed by atoms with van der Waals surface area (Å²) < 4.78 is 0. The van der Waals surface area contributed by atoms with Crippen molar-refractivity contribution in [3.8, 4) is 0 Å². The molecule has 1 fully saturated rings. The third-order valence-corrected chi connectivity index (χ3v) is 2.75. The molecule has 1 aliphatic rings. The van der Waals surface area contributed by atoms with Gasteiger partial charge in [0.05, 0.1) is 0 Å². The molecule has 4 heteroatoms. The minimum absolute atomic E-state index is 0. The maximum Gasteiger partial charge on any atom is 0.0423 e. The summed E-state index contributed by atoms with van der Waals surface area (Å²) in [6, 6.07) is 11.2. The van der Waals surface area contributed by atoms with Crippen LogP contribution in [0.4, 0.5) is 5.69 Å². The highest BCUT2D eigenvalue weighted by molar-refractivity contribution is 5.85. The molecule has 86 valence electrons. The van der Waals surface area contributed by atoms with Crippen molar-refractivity contribution in [1.29, 1.82) is 0 Å². The molecular weight excluding hydrogens is 231 g/mol. The largest absolute Gasteiger partial charge is 0.370 e. The quantitative estimate of drug-likeness (QED) is 0.865. The van der Waals surface area contributed by atoms with Gasteiger partial charge < -0.3 is 10.2 Å². The zero-order valence-corrected chi connectivity index (χ0v) is 10.5. The van der Waals surface area contributed by atoms with Crippen LogP contribution in [0.5, 0.6) is 0 Å². The Morgan fingerprint density at radius 1 is 1.20 bits per heavy atom. The van der Waals surface area contributed by atoms with E-state index in [1.165, 1.54) is 12.1 Å². The highest BCUT2D eigenvalue weighted by Gasteiger charge is 2.18. The van der Waals surface area contributed by atoms with E-state index in [0.717, 1.165) is 13.1 Å². The number of likely N-dealkylation sites (N-methyl/N-ethyl adjacent to an activating group) is 1. The van der Waals surface area contributed by atoms with E-state index in [1.807, 2.05) is 0 Å². The van der Waals surface area contributed by atoms with Crippen LogP contribution in [0.3, 0.4) is 0 Å². The molecule has 1 N–H and O–H groups in total. The van der Waals surface area contributed by atoms with E-state index in [-0.39, 0.29) is 24.8 Å².